The molecule has 4 heteroatoms. The minimum atomic E-state index is -0.500. The van der Waals surface area contributed by atoms with Gasteiger partial charge in [0.1, 0.15) is 12.4 Å². The molecule has 1 aliphatic rings. The number of halogens is 1. The summed E-state index contributed by atoms with van der Waals surface area (Å²) in [6, 6.07) is 5.45. The highest BCUT2D eigenvalue weighted by Crippen LogP contribution is 2.27. The predicted octanol–water partition coefficient (Wildman–Crippen LogP) is 3.26. The van der Waals surface area contributed by atoms with E-state index in [1.807, 2.05) is 12.1 Å². The fraction of sp³-hybridized carbons (Fsp3) is 0.600. The van der Waals surface area contributed by atoms with E-state index in [1.54, 1.807) is 13.0 Å². The summed E-state index contributed by atoms with van der Waals surface area (Å²) < 4.78 is 5.72. The van der Waals surface area contributed by atoms with Gasteiger partial charge in [0.2, 0.25) is 0 Å². The maximum Gasteiger partial charge on any atom is 0.137 e. The second-order valence-electron chi connectivity index (χ2n) is 5.12. The summed E-state index contributed by atoms with van der Waals surface area (Å²) in [6.45, 7) is 5.70. The van der Waals surface area contributed by atoms with Gasteiger partial charge in [0.25, 0.3) is 0 Å². The Kier molecular flexibility index (Phi) is 5.49. The van der Waals surface area contributed by atoms with Crippen molar-refractivity contribution >= 4 is 11.6 Å². The van der Waals surface area contributed by atoms with Crippen molar-refractivity contribution in [2.45, 2.75) is 32.3 Å². The number of rotatable bonds is 5. The number of aliphatic hydroxyl groups excluding tert-OH is 1. The Hall–Kier alpha value is -0.770. The summed E-state index contributed by atoms with van der Waals surface area (Å²) in [7, 11) is 0. The van der Waals surface area contributed by atoms with Gasteiger partial charge in [-0.3, -0.25) is 4.90 Å². The van der Waals surface area contributed by atoms with Crippen molar-refractivity contribution in [2.24, 2.45) is 0 Å². The lowest BCUT2D eigenvalue weighted by molar-refractivity contribution is 0.183. The van der Waals surface area contributed by atoms with Crippen LogP contribution in [0.4, 0.5) is 0 Å². The Morgan fingerprint density at radius 2 is 2.05 bits per heavy atom. The molecule has 3 nitrogen and oxygen atoms in total. The van der Waals surface area contributed by atoms with Crippen molar-refractivity contribution in [3.8, 4) is 5.75 Å². The molecule has 0 saturated carbocycles. The molecule has 0 bridgehead atoms. The quantitative estimate of drug-likeness (QED) is 0.900. The standard InChI is InChI=1S/C15H22ClNO2/c1-12(18)13-5-6-15(14(16)11-13)19-10-9-17-7-3-2-4-8-17/h5-6,11-12,18H,2-4,7-10H2,1H3/t12-/m1/s1. The minimum absolute atomic E-state index is 0.500. The van der Waals surface area contributed by atoms with Gasteiger partial charge in [0, 0.05) is 6.54 Å². The molecule has 1 aromatic rings. The lowest BCUT2D eigenvalue weighted by Gasteiger charge is -2.26. The summed E-state index contributed by atoms with van der Waals surface area (Å²) in [6.07, 6.45) is 3.44. The molecule has 0 unspecified atom stereocenters. The molecule has 1 aromatic carbocycles. The average Bonchev–Trinajstić information content (AvgIpc) is 2.41. The second kappa shape index (κ2) is 7.13. The van der Waals surface area contributed by atoms with Gasteiger partial charge in [0.05, 0.1) is 11.1 Å². The normalized spacial score (nSPS) is 18.3. The van der Waals surface area contributed by atoms with E-state index in [0.29, 0.717) is 17.4 Å². The number of piperidine rings is 1. The molecule has 1 fully saturated rings. The van der Waals surface area contributed by atoms with Crippen LogP contribution < -0.4 is 4.74 Å². The molecule has 1 atom stereocenters. The van der Waals surface area contributed by atoms with Gasteiger partial charge >= 0.3 is 0 Å². The Balaban J connectivity index is 1.82. The maximum absolute atomic E-state index is 9.48. The lowest BCUT2D eigenvalue weighted by atomic mass is 10.1. The number of likely N-dealkylation sites (tertiary alicyclic amines) is 1. The fourth-order valence-corrected chi connectivity index (χ4v) is 2.61. The van der Waals surface area contributed by atoms with Crippen LogP contribution in [0.2, 0.25) is 5.02 Å². The first kappa shape index (κ1) is 14.6. The van der Waals surface area contributed by atoms with E-state index < -0.39 is 6.10 Å². The molecule has 19 heavy (non-hydrogen) atoms. The summed E-state index contributed by atoms with van der Waals surface area (Å²) in [5.41, 5.74) is 0.813. The topological polar surface area (TPSA) is 32.7 Å². The van der Waals surface area contributed by atoms with E-state index in [0.717, 1.165) is 12.1 Å². The Bertz CT molecular complexity index is 403. The van der Waals surface area contributed by atoms with Crippen LogP contribution in [0.15, 0.2) is 18.2 Å². The third kappa shape index (κ3) is 4.37. The maximum atomic E-state index is 9.48. The highest BCUT2D eigenvalue weighted by atomic mass is 35.5. The largest absolute Gasteiger partial charge is 0.491 e. The molecule has 0 aliphatic carbocycles. The highest BCUT2D eigenvalue weighted by molar-refractivity contribution is 6.32. The molecule has 0 radical (unpaired) electrons. The molecule has 0 spiro atoms. The van der Waals surface area contributed by atoms with Gasteiger partial charge in [-0.25, -0.2) is 0 Å². The van der Waals surface area contributed by atoms with Crippen LogP contribution in [-0.2, 0) is 0 Å². The van der Waals surface area contributed by atoms with Crippen LogP contribution in [0.3, 0.4) is 0 Å². The summed E-state index contributed by atoms with van der Waals surface area (Å²) >= 11 is 6.15. The summed E-state index contributed by atoms with van der Waals surface area (Å²) in [5, 5.41) is 10.0. The Morgan fingerprint density at radius 1 is 1.32 bits per heavy atom. The predicted molar refractivity (Wildman–Crippen MR) is 77.9 cm³/mol. The van der Waals surface area contributed by atoms with Gasteiger partial charge in [-0.05, 0) is 50.6 Å². The van der Waals surface area contributed by atoms with E-state index in [1.165, 1.54) is 32.4 Å². The monoisotopic (exact) mass is 283 g/mol. The van der Waals surface area contributed by atoms with Crippen molar-refractivity contribution in [3.05, 3.63) is 28.8 Å². The summed E-state index contributed by atoms with van der Waals surface area (Å²) in [4.78, 5) is 2.43. The first-order valence-electron chi connectivity index (χ1n) is 6.99. The van der Waals surface area contributed by atoms with Gasteiger partial charge in [0.15, 0.2) is 0 Å². The van der Waals surface area contributed by atoms with E-state index >= 15 is 0 Å². The number of ether oxygens (including phenoxy) is 1. The Morgan fingerprint density at radius 3 is 2.68 bits per heavy atom. The van der Waals surface area contributed by atoms with Crippen LogP contribution in [-0.4, -0.2) is 36.2 Å². The van der Waals surface area contributed by atoms with E-state index in [2.05, 4.69) is 4.90 Å². The molecule has 1 saturated heterocycles. The molecule has 1 aliphatic heterocycles. The third-order valence-corrected chi connectivity index (χ3v) is 3.85. The van der Waals surface area contributed by atoms with Crippen molar-refractivity contribution in [1.82, 2.24) is 4.90 Å². The third-order valence-electron chi connectivity index (χ3n) is 3.55. The molecule has 1 N–H and O–H groups in total. The first-order valence-corrected chi connectivity index (χ1v) is 7.37. The Labute approximate surface area is 120 Å². The van der Waals surface area contributed by atoms with Crippen molar-refractivity contribution in [2.75, 3.05) is 26.2 Å². The fourth-order valence-electron chi connectivity index (χ4n) is 2.36. The number of nitrogens with zero attached hydrogens (tertiary/aromatic N) is 1. The zero-order valence-corrected chi connectivity index (χ0v) is 12.2. The lowest BCUT2D eigenvalue weighted by Crippen LogP contribution is -2.33. The van der Waals surface area contributed by atoms with Gasteiger partial charge in [-0.1, -0.05) is 24.1 Å². The number of hydrogen-bond acceptors (Lipinski definition) is 3. The SMILES string of the molecule is C[C@@H](O)c1ccc(OCCN2CCCCC2)c(Cl)c1. The molecule has 106 valence electrons. The van der Waals surface area contributed by atoms with Crippen molar-refractivity contribution in [1.29, 1.82) is 0 Å². The minimum Gasteiger partial charge on any atom is -0.491 e. The van der Waals surface area contributed by atoms with Crippen LogP contribution >= 0.6 is 11.6 Å². The van der Waals surface area contributed by atoms with E-state index in [4.69, 9.17) is 16.3 Å². The molecule has 0 aromatic heterocycles. The number of hydrogen-bond donors (Lipinski definition) is 1. The first-order chi connectivity index (χ1) is 9.16. The zero-order chi connectivity index (χ0) is 13.7. The zero-order valence-electron chi connectivity index (χ0n) is 11.4. The van der Waals surface area contributed by atoms with Gasteiger partial charge in [-0.15, -0.1) is 0 Å². The van der Waals surface area contributed by atoms with Crippen molar-refractivity contribution < 1.29 is 9.84 Å². The number of aliphatic hydroxyl groups is 1. The smallest absolute Gasteiger partial charge is 0.137 e. The molecular formula is C15H22ClNO2. The van der Waals surface area contributed by atoms with E-state index in [9.17, 15) is 5.11 Å². The molecule has 0 amide bonds. The number of benzene rings is 1. The van der Waals surface area contributed by atoms with Crippen LogP contribution in [0, 0.1) is 0 Å². The second-order valence-corrected chi connectivity index (χ2v) is 5.52. The molecule has 2 rings (SSSR count). The van der Waals surface area contributed by atoms with Crippen LogP contribution in [0.25, 0.3) is 0 Å². The average molecular weight is 284 g/mol. The molecular weight excluding hydrogens is 262 g/mol. The van der Waals surface area contributed by atoms with E-state index in [-0.39, 0.29) is 0 Å². The highest BCUT2D eigenvalue weighted by Gasteiger charge is 2.10. The van der Waals surface area contributed by atoms with Crippen LogP contribution in [0.5, 0.6) is 5.75 Å². The van der Waals surface area contributed by atoms with Gasteiger partial charge in [-0.2, -0.15) is 0 Å². The molecule has 1 heterocycles. The summed E-state index contributed by atoms with van der Waals surface area (Å²) in [5.74, 6) is 0.697. The van der Waals surface area contributed by atoms with Crippen LogP contribution in [0.1, 0.15) is 37.9 Å². The van der Waals surface area contributed by atoms with Gasteiger partial charge < -0.3 is 9.84 Å². The van der Waals surface area contributed by atoms with Crippen molar-refractivity contribution in [3.63, 3.8) is 0 Å².